The third-order valence-electron chi connectivity index (χ3n) is 4.20. The number of fused-ring (bicyclic) bond motifs is 1. The highest BCUT2D eigenvalue weighted by Gasteiger charge is 2.16. The predicted molar refractivity (Wildman–Crippen MR) is 116 cm³/mol. The van der Waals surface area contributed by atoms with Crippen LogP contribution in [0.2, 0.25) is 5.02 Å². The number of rotatable bonds is 10. The maximum atomic E-state index is 13.9. The van der Waals surface area contributed by atoms with Crippen molar-refractivity contribution < 1.29 is 13.9 Å². The van der Waals surface area contributed by atoms with Crippen LogP contribution in [0.1, 0.15) is 17.3 Å². The zero-order valence-electron chi connectivity index (χ0n) is 16.6. The molecule has 0 saturated heterocycles. The summed E-state index contributed by atoms with van der Waals surface area (Å²) in [5.74, 6) is -0.561. The van der Waals surface area contributed by atoms with E-state index in [-0.39, 0.29) is 17.1 Å². The van der Waals surface area contributed by atoms with Gasteiger partial charge in [0.25, 0.3) is 5.91 Å². The second kappa shape index (κ2) is 10.6. The van der Waals surface area contributed by atoms with Crippen molar-refractivity contribution in [2.45, 2.75) is 18.6 Å². The Bertz CT molecular complexity index is 1010. The number of nitrogens with one attached hydrogen (secondary N) is 2. The molecule has 0 spiro atoms. The van der Waals surface area contributed by atoms with E-state index in [9.17, 15) is 9.18 Å². The fourth-order valence-electron chi connectivity index (χ4n) is 2.79. The minimum atomic E-state index is -0.662. The summed E-state index contributed by atoms with van der Waals surface area (Å²) in [7, 11) is 0. The average molecular weight is 453 g/mol. The first-order chi connectivity index (χ1) is 14.5. The molecule has 1 amide bonds. The highest BCUT2D eigenvalue weighted by atomic mass is 35.5. The van der Waals surface area contributed by atoms with Gasteiger partial charge in [0.2, 0.25) is 0 Å². The van der Waals surface area contributed by atoms with E-state index >= 15 is 0 Å². The van der Waals surface area contributed by atoms with Gasteiger partial charge in [0.15, 0.2) is 10.8 Å². The van der Waals surface area contributed by atoms with E-state index in [0.29, 0.717) is 42.9 Å². The number of benzene rings is 1. The summed E-state index contributed by atoms with van der Waals surface area (Å²) >= 11 is 7.36. The largest absolute Gasteiger partial charge is 0.380 e. The molecule has 11 heteroatoms. The van der Waals surface area contributed by atoms with Gasteiger partial charge in [0.05, 0.1) is 35.3 Å². The van der Waals surface area contributed by atoms with Crippen LogP contribution >= 0.6 is 23.4 Å². The molecule has 1 aromatic carbocycles. The molecular formula is C19H22ClFN6O2S. The maximum Gasteiger partial charge on any atom is 0.255 e. The van der Waals surface area contributed by atoms with Gasteiger partial charge in [-0.1, -0.05) is 29.4 Å². The molecule has 30 heavy (non-hydrogen) atoms. The molecule has 0 fully saturated rings. The lowest BCUT2D eigenvalue weighted by Crippen LogP contribution is -2.28. The number of carbonyl (C=O) groups excluding carboxylic acids is 1. The molecule has 160 valence electrons. The van der Waals surface area contributed by atoms with E-state index < -0.39 is 11.7 Å². The normalized spacial score (nSPS) is 11.1. The summed E-state index contributed by atoms with van der Waals surface area (Å²) in [5.41, 5.74) is 0.476. The summed E-state index contributed by atoms with van der Waals surface area (Å²) in [6.07, 6.45) is 3.57. The van der Waals surface area contributed by atoms with Gasteiger partial charge in [-0.25, -0.2) is 19.0 Å². The fourth-order valence-corrected chi connectivity index (χ4v) is 3.40. The van der Waals surface area contributed by atoms with Crippen molar-refractivity contribution in [3.05, 3.63) is 40.8 Å². The van der Waals surface area contributed by atoms with Gasteiger partial charge in [-0.3, -0.25) is 4.79 Å². The summed E-state index contributed by atoms with van der Waals surface area (Å²) < 4.78 is 20.9. The van der Waals surface area contributed by atoms with E-state index in [0.717, 1.165) is 5.39 Å². The number of thioether (sulfide) groups is 1. The van der Waals surface area contributed by atoms with Gasteiger partial charge in [-0.05, 0) is 25.3 Å². The molecule has 3 aromatic rings. The van der Waals surface area contributed by atoms with E-state index in [1.165, 1.54) is 30.0 Å². The minimum Gasteiger partial charge on any atom is -0.380 e. The molecule has 0 aliphatic heterocycles. The molecular weight excluding hydrogens is 431 g/mol. The van der Waals surface area contributed by atoms with Crippen LogP contribution in [0, 0.1) is 5.82 Å². The van der Waals surface area contributed by atoms with E-state index in [1.54, 1.807) is 10.9 Å². The van der Waals surface area contributed by atoms with Crippen LogP contribution in [0.4, 0.5) is 10.2 Å². The van der Waals surface area contributed by atoms with Gasteiger partial charge in [0.1, 0.15) is 11.6 Å². The van der Waals surface area contributed by atoms with Gasteiger partial charge in [-0.15, -0.1) is 0 Å². The molecule has 0 radical (unpaired) electrons. The first kappa shape index (κ1) is 22.3. The highest BCUT2D eigenvalue weighted by molar-refractivity contribution is 7.98. The Morgan fingerprint density at radius 2 is 2.17 bits per heavy atom. The maximum absolute atomic E-state index is 13.9. The van der Waals surface area contributed by atoms with Gasteiger partial charge in [-0.2, -0.15) is 5.10 Å². The standard InChI is InChI=1S/C19H22ClFN6O2S/c1-3-29-10-8-22-16-12-11-24-27(17(12)26-19(25-16)30-2)9-7-23-18(28)15-13(20)5-4-6-14(15)21/h4-6,11H,3,7-10H2,1-2H3,(H,23,28)(H,22,25,26). The average Bonchev–Trinajstić information content (AvgIpc) is 3.14. The van der Waals surface area contributed by atoms with Crippen molar-refractivity contribution in [3.63, 3.8) is 0 Å². The molecule has 0 aliphatic rings. The van der Waals surface area contributed by atoms with Crippen molar-refractivity contribution >= 4 is 46.1 Å². The van der Waals surface area contributed by atoms with Crippen molar-refractivity contribution in [1.82, 2.24) is 25.1 Å². The Morgan fingerprint density at radius 1 is 1.33 bits per heavy atom. The first-order valence-corrected chi connectivity index (χ1v) is 11.0. The lowest BCUT2D eigenvalue weighted by atomic mass is 10.2. The minimum absolute atomic E-state index is 0.0668. The van der Waals surface area contributed by atoms with Crippen molar-refractivity contribution in [2.75, 3.05) is 37.9 Å². The number of nitrogens with zero attached hydrogens (tertiary/aromatic N) is 4. The molecule has 8 nitrogen and oxygen atoms in total. The van der Waals surface area contributed by atoms with Crippen LogP contribution in [0.25, 0.3) is 11.0 Å². The summed E-state index contributed by atoms with van der Waals surface area (Å²) in [6, 6.07) is 4.12. The van der Waals surface area contributed by atoms with Crippen LogP contribution < -0.4 is 10.6 Å². The number of hydrogen-bond donors (Lipinski definition) is 2. The lowest BCUT2D eigenvalue weighted by Gasteiger charge is -2.10. The van der Waals surface area contributed by atoms with Crippen LogP contribution in [0.3, 0.4) is 0 Å². The van der Waals surface area contributed by atoms with Gasteiger partial charge in [0, 0.05) is 19.7 Å². The Balaban J connectivity index is 1.71. The van der Waals surface area contributed by atoms with E-state index in [4.69, 9.17) is 16.3 Å². The quantitative estimate of drug-likeness (QED) is 0.277. The molecule has 2 heterocycles. The van der Waals surface area contributed by atoms with Gasteiger partial charge < -0.3 is 15.4 Å². The monoisotopic (exact) mass is 452 g/mol. The second-order valence-electron chi connectivity index (χ2n) is 6.14. The van der Waals surface area contributed by atoms with Crippen LogP contribution in [-0.2, 0) is 11.3 Å². The Labute approximate surface area is 182 Å². The number of amides is 1. The van der Waals surface area contributed by atoms with Crippen molar-refractivity contribution in [3.8, 4) is 0 Å². The number of halogens is 2. The SMILES string of the molecule is CCOCCNc1nc(SC)nc2c1cnn2CCNC(=O)c1c(F)cccc1Cl. The molecule has 0 atom stereocenters. The molecule has 0 bridgehead atoms. The number of ether oxygens (including phenoxy) is 1. The third-order valence-corrected chi connectivity index (χ3v) is 5.06. The van der Waals surface area contributed by atoms with Gasteiger partial charge >= 0.3 is 0 Å². The smallest absolute Gasteiger partial charge is 0.255 e. The Hall–Kier alpha value is -2.43. The lowest BCUT2D eigenvalue weighted by molar-refractivity contribution is 0.0948. The number of carbonyl (C=O) groups is 1. The molecule has 0 unspecified atom stereocenters. The Kier molecular flexibility index (Phi) is 7.83. The van der Waals surface area contributed by atoms with E-state index in [1.807, 2.05) is 13.2 Å². The summed E-state index contributed by atoms with van der Waals surface area (Å²) in [6.45, 7) is 4.35. The molecule has 0 saturated carbocycles. The molecule has 3 rings (SSSR count). The molecule has 0 aliphatic carbocycles. The van der Waals surface area contributed by atoms with Crippen LogP contribution in [0.15, 0.2) is 29.6 Å². The van der Waals surface area contributed by atoms with Crippen molar-refractivity contribution in [2.24, 2.45) is 0 Å². The van der Waals surface area contributed by atoms with Crippen molar-refractivity contribution in [1.29, 1.82) is 0 Å². The Morgan fingerprint density at radius 3 is 2.90 bits per heavy atom. The van der Waals surface area contributed by atoms with Crippen LogP contribution in [0.5, 0.6) is 0 Å². The topological polar surface area (TPSA) is 94.0 Å². The summed E-state index contributed by atoms with van der Waals surface area (Å²) in [4.78, 5) is 21.3. The predicted octanol–water partition coefficient (Wildman–Crippen LogP) is 3.22. The van der Waals surface area contributed by atoms with E-state index in [2.05, 4.69) is 25.7 Å². The second-order valence-corrected chi connectivity index (χ2v) is 7.32. The molecule has 2 N–H and O–H groups in total. The first-order valence-electron chi connectivity index (χ1n) is 9.36. The highest BCUT2D eigenvalue weighted by Crippen LogP contribution is 2.23. The number of anilines is 1. The number of aromatic nitrogens is 4. The summed E-state index contributed by atoms with van der Waals surface area (Å²) in [5, 5.41) is 11.7. The number of hydrogen-bond acceptors (Lipinski definition) is 7. The zero-order valence-corrected chi connectivity index (χ0v) is 18.2. The zero-order chi connectivity index (χ0) is 21.5. The van der Waals surface area contributed by atoms with Crippen LogP contribution in [-0.4, -0.2) is 58.2 Å². The molecule has 2 aromatic heterocycles. The third kappa shape index (κ3) is 5.18. The fraction of sp³-hybridized carbons (Fsp3) is 0.368.